The molecule has 0 spiro atoms. The van der Waals surface area contributed by atoms with E-state index in [1.54, 1.807) is 0 Å². The summed E-state index contributed by atoms with van der Waals surface area (Å²) in [5.41, 5.74) is 1.88. The van der Waals surface area contributed by atoms with Crippen molar-refractivity contribution in [2.24, 2.45) is 0 Å². The second kappa shape index (κ2) is 5.69. The fourth-order valence-corrected chi connectivity index (χ4v) is 2.32. The van der Waals surface area contributed by atoms with Crippen molar-refractivity contribution in [3.8, 4) is 0 Å². The lowest BCUT2D eigenvalue weighted by Gasteiger charge is -2.25. The average Bonchev–Trinajstić information content (AvgIpc) is 2.43. The summed E-state index contributed by atoms with van der Waals surface area (Å²) in [6.07, 6.45) is 2.43. The summed E-state index contributed by atoms with van der Waals surface area (Å²) in [6.45, 7) is 5.75. The molecule has 2 rings (SSSR count). The van der Waals surface area contributed by atoms with Gasteiger partial charge >= 0.3 is 5.97 Å². The average molecular weight is 258 g/mol. The fraction of sp³-hybridized carbons (Fsp3) is 0.333. The third kappa shape index (κ3) is 2.52. The van der Waals surface area contributed by atoms with Crippen molar-refractivity contribution in [3.05, 3.63) is 36.0 Å². The van der Waals surface area contributed by atoms with E-state index in [2.05, 4.69) is 16.8 Å². The van der Waals surface area contributed by atoms with Gasteiger partial charge in [0.1, 0.15) is 5.56 Å². The number of para-hydroxylation sites is 1. The Morgan fingerprint density at radius 1 is 1.32 bits per heavy atom. The molecule has 0 saturated carbocycles. The van der Waals surface area contributed by atoms with Crippen molar-refractivity contribution in [1.82, 2.24) is 4.98 Å². The van der Waals surface area contributed by atoms with Crippen molar-refractivity contribution >= 4 is 22.6 Å². The van der Waals surface area contributed by atoms with Gasteiger partial charge in [-0.25, -0.2) is 4.79 Å². The van der Waals surface area contributed by atoms with E-state index in [1.807, 2.05) is 31.2 Å². The van der Waals surface area contributed by atoms with Gasteiger partial charge in [0.2, 0.25) is 0 Å². The van der Waals surface area contributed by atoms with Crippen molar-refractivity contribution in [1.29, 1.82) is 0 Å². The molecule has 0 fully saturated rings. The lowest BCUT2D eigenvalue weighted by Crippen LogP contribution is -2.26. The summed E-state index contributed by atoms with van der Waals surface area (Å²) in [5.74, 6) is -0.928. The standard InChI is InChI=1S/C15H18N2O2/c1-3-9-17(4-2)14-11-7-5-6-8-13(11)16-10-12(14)15(18)19/h5-8,10H,3-4,9H2,1-2H3,(H,18,19). The van der Waals surface area contributed by atoms with Crippen LogP contribution in [0.15, 0.2) is 30.5 Å². The van der Waals surface area contributed by atoms with Gasteiger partial charge in [0.25, 0.3) is 0 Å². The lowest BCUT2D eigenvalue weighted by atomic mass is 10.1. The van der Waals surface area contributed by atoms with Crippen LogP contribution in [0.1, 0.15) is 30.6 Å². The number of carbonyl (C=O) groups is 1. The maximum atomic E-state index is 11.4. The molecule has 2 aromatic rings. The van der Waals surface area contributed by atoms with Gasteiger partial charge in [-0.15, -0.1) is 0 Å². The second-order valence-electron chi connectivity index (χ2n) is 4.42. The van der Waals surface area contributed by atoms with Crippen LogP contribution in [0.3, 0.4) is 0 Å². The van der Waals surface area contributed by atoms with Gasteiger partial charge in [-0.2, -0.15) is 0 Å². The van der Waals surface area contributed by atoms with Crippen LogP contribution in [-0.2, 0) is 0 Å². The number of fused-ring (bicyclic) bond motifs is 1. The third-order valence-electron chi connectivity index (χ3n) is 3.17. The Morgan fingerprint density at radius 2 is 2.05 bits per heavy atom. The SMILES string of the molecule is CCCN(CC)c1c(C(=O)O)cnc2ccccc12. The highest BCUT2D eigenvalue weighted by Gasteiger charge is 2.18. The highest BCUT2D eigenvalue weighted by Crippen LogP contribution is 2.29. The zero-order valence-corrected chi connectivity index (χ0v) is 11.3. The zero-order valence-electron chi connectivity index (χ0n) is 11.3. The monoisotopic (exact) mass is 258 g/mol. The van der Waals surface area contributed by atoms with Gasteiger partial charge in [-0.1, -0.05) is 25.1 Å². The molecule has 0 radical (unpaired) electrons. The molecule has 0 saturated heterocycles. The Balaban J connectivity index is 2.71. The first kappa shape index (κ1) is 13.3. The van der Waals surface area contributed by atoms with Crippen LogP contribution in [0.4, 0.5) is 5.69 Å². The van der Waals surface area contributed by atoms with E-state index in [1.165, 1.54) is 6.20 Å². The molecular formula is C15H18N2O2. The summed E-state index contributed by atoms with van der Waals surface area (Å²) >= 11 is 0. The number of hydrogen-bond acceptors (Lipinski definition) is 3. The first-order valence-electron chi connectivity index (χ1n) is 6.55. The van der Waals surface area contributed by atoms with E-state index < -0.39 is 5.97 Å². The molecule has 0 aliphatic heterocycles. The molecule has 4 heteroatoms. The van der Waals surface area contributed by atoms with Gasteiger partial charge in [0, 0.05) is 24.7 Å². The maximum absolute atomic E-state index is 11.4. The molecule has 19 heavy (non-hydrogen) atoms. The molecule has 0 unspecified atom stereocenters. The minimum atomic E-state index is -0.928. The highest BCUT2D eigenvalue weighted by molar-refractivity contribution is 6.04. The van der Waals surface area contributed by atoms with Crippen LogP contribution in [0.5, 0.6) is 0 Å². The molecule has 0 aliphatic rings. The summed E-state index contributed by atoms with van der Waals surface area (Å²) in [6, 6.07) is 7.67. The number of carboxylic acid groups (broad SMARTS) is 1. The van der Waals surface area contributed by atoms with E-state index in [-0.39, 0.29) is 5.56 Å². The molecule has 1 aromatic heterocycles. The molecule has 1 N–H and O–H groups in total. The Hall–Kier alpha value is -2.10. The van der Waals surface area contributed by atoms with Gasteiger partial charge in [-0.05, 0) is 19.4 Å². The third-order valence-corrected chi connectivity index (χ3v) is 3.17. The van der Waals surface area contributed by atoms with Crippen LogP contribution in [-0.4, -0.2) is 29.1 Å². The van der Waals surface area contributed by atoms with Gasteiger partial charge in [0.05, 0.1) is 11.2 Å². The number of benzene rings is 1. The fourth-order valence-electron chi connectivity index (χ4n) is 2.32. The Morgan fingerprint density at radius 3 is 2.68 bits per heavy atom. The van der Waals surface area contributed by atoms with E-state index in [0.717, 1.165) is 36.1 Å². The summed E-state index contributed by atoms with van der Waals surface area (Å²) in [7, 11) is 0. The number of pyridine rings is 1. The largest absolute Gasteiger partial charge is 0.478 e. The van der Waals surface area contributed by atoms with Crippen LogP contribution in [0.25, 0.3) is 10.9 Å². The molecule has 0 atom stereocenters. The van der Waals surface area contributed by atoms with E-state index >= 15 is 0 Å². The zero-order chi connectivity index (χ0) is 13.8. The number of hydrogen-bond donors (Lipinski definition) is 1. The minimum Gasteiger partial charge on any atom is -0.478 e. The van der Waals surface area contributed by atoms with Crippen molar-refractivity contribution in [2.75, 3.05) is 18.0 Å². The molecule has 1 aromatic carbocycles. The lowest BCUT2D eigenvalue weighted by molar-refractivity contribution is 0.0697. The van der Waals surface area contributed by atoms with Crippen LogP contribution >= 0.6 is 0 Å². The molecule has 1 heterocycles. The van der Waals surface area contributed by atoms with E-state index in [0.29, 0.717) is 0 Å². The van der Waals surface area contributed by atoms with Crippen molar-refractivity contribution in [2.45, 2.75) is 20.3 Å². The number of nitrogens with zero attached hydrogens (tertiary/aromatic N) is 2. The first-order chi connectivity index (χ1) is 9.19. The summed E-state index contributed by atoms with van der Waals surface area (Å²) in [4.78, 5) is 17.8. The van der Waals surface area contributed by atoms with Crippen LogP contribution in [0, 0.1) is 0 Å². The van der Waals surface area contributed by atoms with Gasteiger partial charge in [0.15, 0.2) is 0 Å². The number of anilines is 1. The van der Waals surface area contributed by atoms with Crippen LogP contribution < -0.4 is 4.90 Å². The Labute approximate surface area is 112 Å². The molecule has 0 aliphatic carbocycles. The van der Waals surface area contributed by atoms with Gasteiger partial charge in [-0.3, -0.25) is 4.98 Å². The van der Waals surface area contributed by atoms with Crippen molar-refractivity contribution < 1.29 is 9.90 Å². The summed E-state index contributed by atoms with van der Waals surface area (Å²) < 4.78 is 0. The topological polar surface area (TPSA) is 53.4 Å². The molecular weight excluding hydrogens is 240 g/mol. The number of aromatic nitrogens is 1. The molecule has 0 amide bonds. The van der Waals surface area contributed by atoms with Crippen LogP contribution in [0.2, 0.25) is 0 Å². The Kier molecular flexibility index (Phi) is 4.00. The van der Waals surface area contributed by atoms with Gasteiger partial charge < -0.3 is 10.0 Å². The maximum Gasteiger partial charge on any atom is 0.339 e. The quantitative estimate of drug-likeness (QED) is 0.895. The number of rotatable bonds is 5. The smallest absolute Gasteiger partial charge is 0.339 e. The molecule has 0 bridgehead atoms. The number of aromatic carboxylic acids is 1. The summed E-state index contributed by atoms with van der Waals surface area (Å²) in [5, 5.41) is 10.3. The molecule has 100 valence electrons. The normalized spacial score (nSPS) is 10.6. The van der Waals surface area contributed by atoms with Crippen molar-refractivity contribution in [3.63, 3.8) is 0 Å². The van der Waals surface area contributed by atoms with E-state index in [9.17, 15) is 9.90 Å². The predicted molar refractivity (Wildman–Crippen MR) is 76.9 cm³/mol. The predicted octanol–water partition coefficient (Wildman–Crippen LogP) is 3.17. The molecule has 4 nitrogen and oxygen atoms in total. The first-order valence-corrected chi connectivity index (χ1v) is 6.55. The minimum absolute atomic E-state index is 0.272. The van der Waals surface area contributed by atoms with E-state index in [4.69, 9.17) is 0 Å². The number of carboxylic acids is 1. The second-order valence-corrected chi connectivity index (χ2v) is 4.42. The Bertz CT molecular complexity index is 596. The highest BCUT2D eigenvalue weighted by atomic mass is 16.4.